The molecule has 0 aromatic carbocycles. The second kappa shape index (κ2) is 38.1. The number of allylic oxidation sites excluding steroid dienone is 7. The van der Waals surface area contributed by atoms with E-state index in [0.29, 0.717) is 6.42 Å². The van der Waals surface area contributed by atoms with Gasteiger partial charge in [-0.1, -0.05) is 140 Å². The highest BCUT2D eigenvalue weighted by Gasteiger charge is 2.46. The van der Waals surface area contributed by atoms with Crippen molar-refractivity contribution in [1.82, 2.24) is 9.55 Å². The molecule has 2 heterocycles. The average molecular weight is 1120 g/mol. The number of hydrogen-bond donors (Lipinski definition) is 8. The lowest BCUT2D eigenvalue weighted by Crippen LogP contribution is -2.38. The lowest BCUT2D eigenvalue weighted by atomic mass is 9.99. The van der Waals surface area contributed by atoms with Crippen LogP contribution in [0.5, 0.6) is 0 Å². The summed E-state index contributed by atoms with van der Waals surface area (Å²) >= 11 is 1.12. The van der Waals surface area contributed by atoms with Gasteiger partial charge in [-0.15, -0.1) is 11.8 Å². The van der Waals surface area contributed by atoms with Crippen LogP contribution in [0.3, 0.4) is 0 Å². The van der Waals surface area contributed by atoms with E-state index in [9.17, 15) is 53.4 Å². The number of thioether (sulfide) groups is 1. The molecule has 1 aromatic heterocycles. The maximum absolute atomic E-state index is 13.2. The Bertz CT molecular complexity index is 2090. The van der Waals surface area contributed by atoms with E-state index in [-0.39, 0.29) is 37.3 Å². The third kappa shape index (κ3) is 30.3. The van der Waals surface area contributed by atoms with E-state index in [0.717, 1.165) is 79.8 Å². The fourth-order valence-electron chi connectivity index (χ4n) is 7.38. The van der Waals surface area contributed by atoms with Crippen molar-refractivity contribution >= 4 is 51.1 Å². The summed E-state index contributed by atoms with van der Waals surface area (Å²) < 4.78 is 56.9. The van der Waals surface area contributed by atoms with Gasteiger partial charge in [-0.05, 0) is 50.5 Å². The Morgan fingerprint density at radius 1 is 0.867 bits per heavy atom. The zero-order chi connectivity index (χ0) is 55.7. The lowest BCUT2D eigenvalue weighted by Gasteiger charge is -2.23. The Hall–Kier alpha value is -3.54. The summed E-state index contributed by atoms with van der Waals surface area (Å²) in [5.41, 5.74) is 10.7. The number of aliphatic hydroxyl groups is 3. The molecule has 11 atom stereocenters. The number of carboxylic acid groups (broad SMARTS) is 1. The Morgan fingerprint density at radius 2 is 1.55 bits per heavy atom. The van der Waals surface area contributed by atoms with Gasteiger partial charge in [0.25, 0.3) is 0 Å². The molecule has 1 aromatic rings. The lowest BCUT2D eigenvalue weighted by molar-refractivity contribution is -0.161. The number of esters is 2. The van der Waals surface area contributed by atoms with E-state index in [1.54, 1.807) is 18.2 Å². The van der Waals surface area contributed by atoms with E-state index in [1.807, 2.05) is 18.2 Å². The summed E-state index contributed by atoms with van der Waals surface area (Å²) in [4.78, 5) is 73.9. The van der Waals surface area contributed by atoms with Gasteiger partial charge in [0.2, 0.25) is 0 Å². The summed E-state index contributed by atoms with van der Waals surface area (Å²) in [6, 6.07) is -0.0733. The first-order valence-electron chi connectivity index (χ1n) is 26.0. The standard InChI is InChI=1S/C50H84N4O18P2S/c1-4-6-7-8-9-10-11-12-13-17-20-23-28-42(40(55)27-25-29-44(56)57)75-36-39(51)49(61)67-33-38(70-45(58)30-24-21-18-15-14-16-19-22-26-37(3)5-2)34-68-73(63,64)72-74(65,66)69-35-41-46(59)47(60)48(71-41)54-32-31-43(52)53-50(54)62/h9-10,12-13,17,20,23,28,31-32,37-42,46-48,55,59-60H,4-8,11,14-16,18-19,21-22,24-27,29-30,33-36,51H2,1-3H3,(H,56,57)(H,63,64)(H,65,66)(H2,52,53,62)/b10-9-,13-12-,20-17+,28-23+/t37?,38-,39+,40+,41-,42-,46-,47-,48-/m1/s1. The normalized spacial score (nSPS) is 20.8. The van der Waals surface area contributed by atoms with E-state index in [1.165, 1.54) is 44.6 Å². The van der Waals surface area contributed by atoms with Crippen molar-refractivity contribution in [2.45, 2.75) is 191 Å². The van der Waals surface area contributed by atoms with Crippen LogP contribution in [0.1, 0.15) is 149 Å². The number of carbonyl (C=O) groups is 3. The zero-order valence-electron chi connectivity index (χ0n) is 43.7. The first kappa shape index (κ1) is 67.6. The number of nitrogens with two attached hydrogens (primary N) is 2. The van der Waals surface area contributed by atoms with Crippen LogP contribution in [-0.2, 0) is 51.1 Å². The molecule has 22 nitrogen and oxygen atoms in total. The smallest absolute Gasteiger partial charge is 0.481 e. The van der Waals surface area contributed by atoms with Crippen LogP contribution in [-0.4, -0.2) is 125 Å². The zero-order valence-corrected chi connectivity index (χ0v) is 46.3. The minimum absolute atomic E-state index is 0.0533. The number of anilines is 1. The Kier molecular flexibility index (Phi) is 34.3. The van der Waals surface area contributed by atoms with Crippen molar-refractivity contribution in [2.24, 2.45) is 11.7 Å². The molecule has 1 fully saturated rings. The molecule has 0 radical (unpaired) electrons. The van der Waals surface area contributed by atoms with Crippen molar-refractivity contribution in [1.29, 1.82) is 0 Å². The van der Waals surface area contributed by atoms with Gasteiger partial charge in [0.05, 0.1) is 19.3 Å². The van der Waals surface area contributed by atoms with Gasteiger partial charge in [0.15, 0.2) is 12.3 Å². The van der Waals surface area contributed by atoms with Gasteiger partial charge in [0, 0.05) is 30.0 Å². The molecular formula is C50H84N4O18P2S. The molecule has 10 N–H and O–H groups in total. The SMILES string of the molecule is CCCCC/C=C\C\C=C/C=C/C=C/[C@@H](SC[C@H](N)C(=O)OC[C@H](COP(=O)(O)OP(=O)(O)OC[C@H]1O[C@@H](n2ccc(N)nc2=O)[C@H](O)[C@@H]1O)OC(=O)CCCCCCCCCCC(C)CC)[C@@H](O)CCCC(=O)O. The number of aliphatic carboxylic acids is 1. The van der Waals surface area contributed by atoms with Crippen LogP contribution < -0.4 is 17.2 Å². The number of aliphatic hydroxyl groups excluding tert-OH is 3. The van der Waals surface area contributed by atoms with Crippen LogP contribution in [0.15, 0.2) is 65.7 Å². The molecule has 75 heavy (non-hydrogen) atoms. The number of rotatable bonds is 42. The number of carboxylic acids is 1. The van der Waals surface area contributed by atoms with E-state index >= 15 is 0 Å². The Labute approximate surface area is 445 Å². The quantitative estimate of drug-likeness (QED) is 0.0104. The maximum Gasteiger partial charge on any atom is 0.481 e. The molecule has 1 saturated heterocycles. The molecule has 25 heteroatoms. The highest BCUT2D eigenvalue weighted by atomic mass is 32.2. The number of unbranched alkanes of at least 4 members (excludes halogenated alkanes) is 10. The Morgan fingerprint density at radius 3 is 2.23 bits per heavy atom. The molecule has 0 aliphatic carbocycles. The number of nitrogen functional groups attached to an aromatic ring is 1. The molecule has 1 aliphatic rings. The number of hydrogen-bond acceptors (Lipinski definition) is 19. The summed E-state index contributed by atoms with van der Waals surface area (Å²) in [5, 5.41) is 40.4. The molecule has 0 saturated carbocycles. The Balaban J connectivity index is 2.06. The van der Waals surface area contributed by atoms with Crippen molar-refractivity contribution < 1.29 is 81.3 Å². The number of nitrogens with zero attached hydrogens (tertiary/aromatic N) is 2. The van der Waals surface area contributed by atoms with Gasteiger partial charge < -0.3 is 55.9 Å². The third-order valence-electron chi connectivity index (χ3n) is 12.0. The summed E-state index contributed by atoms with van der Waals surface area (Å²) in [6.45, 7) is 3.87. The maximum atomic E-state index is 13.2. The fraction of sp³-hybridized carbons (Fsp3) is 0.700. The van der Waals surface area contributed by atoms with Crippen LogP contribution >= 0.6 is 27.4 Å². The monoisotopic (exact) mass is 1120 g/mol. The highest BCUT2D eigenvalue weighted by molar-refractivity contribution is 8.00. The van der Waals surface area contributed by atoms with Crippen molar-refractivity contribution in [3.05, 3.63) is 71.4 Å². The molecule has 2 rings (SSSR count). The van der Waals surface area contributed by atoms with Gasteiger partial charge in [-0.25, -0.2) is 13.9 Å². The van der Waals surface area contributed by atoms with Crippen LogP contribution in [0.2, 0.25) is 0 Å². The van der Waals surface area contributed by atoms with Crippen LogP contribution in [0.4, 0.5) is 5.82 Å². The minimum Gasteiger partial charge on any atom is -0.481 e. The van der Waals surface area contributed by atoms with Crippen molar-refractivity contribution in [3.8, 4) is 0 Å². The second-order valence-electron chi connectivity index (χ2n) is 18.5. The van der Waals surface area contributed by atoms with Crippen molar-refractivity contribution in [2.75, 3.05) is 31.3 Å². The number of aromatic nitrogens is 2. The fourth-order valence-corrected chi connectivity index (χ4v) is 10.6. The molecule has 428 valence electrons. The molecule has 0 bridgehead atoms. The summed E-state index contributed by atoms with van der Waals surface area (Å²) in [6.07, 6.45) is 22.7. The first-order chi connectivity index (χ1) is 35.7. The van der Waals surface area contributed by atoms with Gasteiger partial charge in [-0.3, -0.25) is 28.0 Å². The summed E-state index contributed by atoms with van der Waals surface area (Å²) in [5.74, 6) is -2.23. The number of ether oxygens (including phenoxy) is 3. The minimum atomic E-state index is -5.55. The predicted octanol–water partition coefficient (Wildman–Crippen LogP) is 7.34. The third-order valence-corrected chi connectivity index (χ3v) is 16.0. The number of phosphoric ester groups is 2. The van der Waals surface area contributed by atoms with E-state index in [4.69, 9.17) is 39.8 Å². The van der Waals surface area contributed by atoms with Gasteiger partial charge >= 0.3 is 39.2 Å². The van der Waals surface area contributed by atoms with Gasteiger partial charge in [0.1, 0.15) is 36.8 Å². The number of phosphoric acid groups is 2. The predicted molar refractivity (Wildman–Crippen MR) is 285 cm³/mol. The van der Waals surface area contributed by atoms with Crippen LogP contribution in [0, 0.1) is 5.92 Å². The second-order valence-corrected chi connectivity index (χ2v) is 22.7. The van der Waals surface area contributed by atoms with Crippen molar-refractivity contribution in [3.63, 3.8) is 0 Å². The highest BCUT2D eigenvalue weighted by Crippen LogP contribution is 2.60. The topological polar surface area (TPSA) is 349 Å². The first-order valence-corrected chi connectivity index (χ1v) is 30.0. The molecular weight excluding hydrogens is 1040 g/mol. The molecule has 0 spiro atoms. The average Bonchev–Trinajstić information content (AvgIpc) is 3.63. The molecule has 0 amide bonds. The summed E-state index contributed by atoms with van der Waals surface area (Å²) in [7, 11) is -11.1. The number of carbonyl (C=O) groups excluding carboxylic acids is 2. The largest absolute Gasteiger partial charge is 0.481 e. The van der Waals surface area contributed by atoms with Crippen LogP contribution in [0.25, 0.3) is 0 Å². The van der Waals surface area contributed by atoms with E-state index in [2.05, 4.69) is 42.2 Å². The van der Waals surface area contributed by atoms with E-state index < -0.39 is 107 Å². The molecule has 1 aliphatic heterocycles. The molecule has 3 unspecified atom stereocenters. The van der Waals surface area contributed by atoms with Gasteiger partial charge in [-0.2, -0.15) is 9.29 Å².